The average molecular weight is 227 g/mol. The van der Waals surface area contributed by atoms with Gasteiger partial charge in [-0.2, -0.15) is 0 Å². The van der Waals surface area contributed by atoms with Gasteiger partial charge < -0.3 is 4.42 Å². The highest BCUT2D eigenvalue weighted by atomic mass is 16.4. The molecule has 5 nitrogen and oxygen atoms in total. The van der Waals surface area contributed by atoms with Gasteiger partial charge in [0.15, 0.2) is 0 Å². The maximum atomic E-state index is 11.3. The molecule has 5 heteroatoms. The summed E-state index contributed by atoms with van der Waals surface area (Å²) in [5, 5.41) is 4.28. The number of hydrogen-bond acceptors (Lipinski definition) is 3. The number of allylic oxidation sites excluding steroid dienone is 1. The van der Waals surface area contributed by atoms with Crippen molar-refractivity contribution in [3.8, 4) is 0 Å². The second kappa shape index (κ2) is 4.55. The Morgan fingerprint density at radius 2 is 2.29 bits per heavy atom. The van der Waals surface area contributed by atoms with Crippen LogP contribution >= 0.6 is 0 Å². The lowest BCUT2D eigenvalue weighted by atomic mass is 10.1. The van der Waals surface area contributed by atoms with Gasteiger partial charge in [0.1, 0.15) is 5.58 Å². The maximum absolute atomic E-state index is 11.3. The van der Waals surface area contributed by atoms with E-state index >= 15 is 0 Å². The summed E-state index contributed by atoms with van der Waals surface area (Å²) in [5.41, 5.74) is 9.59. The van der Waals surface area contributed by atoms with Crippen molar-refractivity contribution in [1.29, 1.82) is 0 Å². The zero-order valence-corrected chi connectivity index (χ0v) is 8.96. The van der Waals surface area contributed by atoms with Gasteiger partial charge in [-0.25, -0.2) is 4.79 Å². The molecule has 0 N–H and O–H groups in total. The molecule has 17 heavy (non-hydrogen) atoms. The summed E-state index contributed by atoms with van der Waals surface area (Å²) in [4.78, 5) is 14.0. The van der Waals surface area contributed by atoms with Crippen LogP contribution in [-0.4, -0.2) is 0 Å². The fourth-order valence-electron chi connectivity index (χ4n) is 1.66. The van der Waals surface area contributed by atoms with Gasteiger partial charge in [-0.3, -0.25) is 0 Å². The van der Waals surface area contributed by atoms with Gasteiger partial charge in [0.05, 0.1) is 0 Å². The summed E-state index contributed by atoms with van der Waals surface area (Å²) in [5.74, 6) is 0. The lowest BCUT2D eigenvalue weighted by Crippen LogP contribution is -1.99. The van der Waals surface area contributed by atoms with Gasteiger partial charge in [-0.1, -0.05) is 23.3 Å². The van der Waals surface area contributed by atoms with Crippen LogP contribution in [0.25, 0.3) is 21.4 Å². The molecular formula is C12H9N3O2. The van der Waals surface area contributed by atoms with Crippen LogP contribution in [0.3, 0.4) is 0 Å². The van der Waals surface area contributed by atoms with Crippen LogP contribution in [0.4, 0.5) is 5.69 Å². The number of nitrogens with zero attached hydrogens (tertiary/aromatic N) is 3. The SMILES string of the molecule is C=CCc1cc(=O)oc2cc(N=[N+]=[N-])ccc12. The molecule has 0 aliphatic heterocycles. The minimum Gasteiger partial charge on any atom is -0.423 e. The summed E-state index contributed by atoms with van der Waals surface area (Å²) in [6, 6.07) is 6.43. The molecule has 2 rings (SSSR count). The van der Waals surface area contributed by atoms with Crippen molar-refractivity contribution >= 4 is 16.7 Å². The van der Waals surface area contributed by atoms with Crippen molar-refractivity contribution in [2.24, 2.45) is 5.11 Å². The van der Waals surface area contributed by atoms with Crippen LogP contribution in [0.2, 0.25) is 0 Å². The van der Waals surface area contributed by atoms with E-state index in [0.717, 1.165) is 10.9 Å². The summed E-state index contributed by atoms with van der Waals surface area (Å²) >= 11 is 0. The second-order valence-electron chi connectivity index (χ2n) is 3.45. The van der Waals surface area contributed by atoms with Gasteiger partial charge in [-0.15, -0.1) is 6.58 Å². The van der Waals surface area contributed by atoms with Crippen LogP contribution in [0.15, 0.2) is 51.2 Å². The Labute approximate surface area is 96.6 Å². The van der Waals surface area contributed by atoms with Crippen LogP contribution in [0.5, 0.6) is 0 Å². The molecule has 0 saturated heterocycles. The highest BCUT2D eigenvalue weighted by molar-refractivity contribution is 5.83. The predicted octanol–water partition coefficient (Wildman–Crippen LogP) is 3.46. The third-order valence-corrected chi connectivity index (χ3v) is 2.34. The quantitative estimate of drug-likeness (QED) is 0.264. The smallest absolute Gasteiger partial charge is 0.336 e. The molecule has 0 radical (unpaired) electrons. The summed E-state index contributed by atoms with van der Waals surface area (Å²) in [6.07, 6.45) is 2.30. The van der Waals surface area contributed by atoms with Crippen molar-refractivity contribution < 1.29 is 4.42 Å². The van der Waals surface area contributed by atoms with E-state index in [-0.39, 0.29) is 0 Å². The molecule has 0 bridgehead atoms. The number of azide groups is 1. The number of benzene rings is 1. The Bertz CT molecular complexity index is 682. The van der Waals surface area contributed by atoms with E-state index in [2.05, 4.69) is 16.6 Å². The minimum absolute atomic E-state index is 0.416. The van der Waals surface area contributed by atoms with Crippen molar-refractivity contribution in [2.45, 2.75) is 6.42 Å². The molecule has 0 fully saturated rings. The van der Waals surface area contributed by atoms with Gasteiger partial charge in [0, 0.05) is 22.1 Å². The Morgan fingerprint density at radius 3 is 3.00 bits per heavy atom. The van der Waals surface area contributed by atoms with E-state index in [1.54, 1.807) is 24.3 Å². The predicted molar refractivity (Wildman–Crippen MR) is 65.2 cm³/mol. The molecule has 0 unspecified atom stereocenters. The van der Waals surface area contributed by atoms with Crippen LogP contribution in [-0.2, 0) is 6.42 Å². The lowest BCUT2D eigenvalue weighted by Gasteiger charge is -2.02. The van der Waals surface area contributed by atoms with Crippen LogP contribution in [0, 0.1) is 0 Å². The lowest BCUT2D eigenvalue weighted by molar-refractivity contribution is 0.559. The number of rotatable bonds is 3. The Kier molecular flexibility index (Phi) is 2.94. The van der Waals surface area contributed by atoms with E-state index in [4.69, 9.17) is 9.95 Å². The van der Waals surface area contributed by atoms with Crippen molar-refractivity contribution in [3.05, 3.63) is 63.3 Å². The van der Waals surface area contributed by atoms with Gasteiger partial charge in [0.25, 0.3) is 0 Å². The molecule has 0 aliphatic carbocycles. The molecule has 1 aromatic heterocycles. The molecule has 0 atom stereocenters. The van der Waals surface area contributed by atoms with Crippen molar-refractivity contribution in [1.82, 2.24) is 0 Å². The normalized spacial score (nSPS) is 9.88. The standard InChI is InChI=1S/C12H9N3O2/c1-2-3-8-6-12(16)17-11-7-9(14-15-13)4-5-10(8)11/h2,4-7H,1,3H2. The highest BCUT2D eigenvalue weighted by Gasteiger charge is 2.04. The Morgan fingerprint density at radius 1 is 1.47 bits per heavy atom. The van der Waals surface area contributed by atoms with Crippen molar-refractivity contribution in [2.75, 3.05) is 0 Å². The third-order valence-electron chi connectivity index (χ3n) is 2.34. The minimum atomic E-state index is -0.424. The van der Waals surface area contributed by atoms with Gasteiger partial charge >= 0.3 is 5.63 Å². The van der Waals surface area contributed by atoms with Gasteiger partial charge in [0.2, 0.25) is 0 Å². The van der Waals surface area contributed by atoms with E-state index < -0.39 is 5.63 Å². The van der Waals surface area contributed by atoms with E-state index in [9.17, 15) is 4.79 Å². The molecule has 0 spiro atoms. The van der Waals surface area contributed by atoms with Crippen molar-refractivity contribution in [3.63, 3.8) is 0 Å². The van der Waals surface area contributed by atoms with E-state index in [0.29, 0.717) is 17.7 Å². The zero-order valence-electron chi connectivity index (χ0n) is 8.96. The first-order chi connectivity index (χ1) is 8.24. The first-order valence-corrected chi connectivity index (χ1v) is 4.97. The number of hydrogen-bond donors (Lipinski definition) is 0. The molecular weight excluding hydrogens is 218 g/mol. The second-order valence-corrected chi connectivity index (χ2v) is 3.45. The third kappa shape index (κ3) is 2.19. The molecule has 0 aliphatic rings. The average Bonchev–Trinajstić information content (AvgIpc) is 2.29. The van der Waals surface area contributed by atoms with E-state index in [1.165, 1.54) is 6.07 Å². The fourth-order valence-corrected chi connectivity index (χ4v) is 1.66. The molecule has 84 valence electrons. The first-order valence-electron chi connectivity index (χ1n) is 4.97. The van der Waals surface area contributed by atoms with E-state index in [1.807, 2.05) is 0 Å². The summed E-state index contributed by atoms with van der Waals surface area (Å²) < 4.78 is 5.06. The zero-order chi connectivity index (χ0) is 12.3. The van der Waals surface area contributed by atoms with Crippen LogP contribution < -0.4 is 5.63 Å². The fraction of sp³-hybridized carbons (Fsp3) is 0.0833. The molecule has 0 saturated carbocycles. The monoisotopic (exact) mass is 227 g/mol. The maximum Gasteiger partial charge on any atom is 0.336 e. The molecule has 2 aromatic rings. The Balaban J connectivity index is 2.74. The molecule has 0 amide bonds. The first kappa shape index (κ1) is 11.0. The Hall–Kier alpha value is -2.52. The molecule has 1 aromatic carbocycles. The largest absolute Gasteiger partial charge is 0.423 e. The highest BCUT2D eigenvalue weighted by Crippen LogP contribution is 2.23. The number of fused-ring (bicyclic) bond motifs is 1. The van der Waals surface area contributed by atoms with Crippen LogP contribution in [0.1, 0.15) is 5.56 Å². The summed E-state index contributed by atoms with van der Waals surface area (Å²) in [7, 11) is 0. The summed E-state index contributed by atoms with van der Waals surface area (Å²) in [6.45, 7) is 3.64. The topological polar surface area (TPSA) is 79.0 Å². The van der Waals surface area contributed by atoms with Gasteiger partial charge in [-0.05, 0) is 23.6 Å². The molecule has 1 heterocycles.